The van der Waals surface area contributed by atoms with Crippen LogP contribution < -0.4 is 0 Å². The molecule has 0 atom stereocenters. The van der Waals surface area contributed by atoms with Crippen LogP contribution in [-0.2, 0) is 9.53 Å². The molecule has 110 valence electrons. The lowest BCUT2D eigenvalue weighted by atomic mass is 10.2. The average Bonchev–Trinajstić information content (AvgIpc) is 3.17. The average molecular weight is 295 g/mol. The van der Waals surface area contributed by atoms with Crippen LogP contribution in [0.1, 0.15) is 46.3 Å². The van der Waals surface area contributed by atoms with E-state index < -0.39 is 0 Å². The minimum absolute atomic E-state index is 0.0537. The second kappa shape index (κ2) is 6.39. The second-order valence-electron chi connectivity index (χ2n) is 5.13. The van der Waals surface area contributed by atoms with E-state index in [1.165, 1.54) is 16.2 Å². The first kappa shape index (κ1) is 15.0. The van der Waals surface area contributed by atoms with Crippen molar-refractivity contribution in [1.82, 2.24) is 4.90 Å². The summed E-state index contributed by atoms with van der Waals surface area (Å²) in [6.07, 6.45) is 2.36. The van der Waals surface area contributed by atoms with Gasteiger partial charge in [0.25, 0.3) is 5.91 Å². The highest BCUT2D eigenvalue weighted by Crippen LogP contribution is 2.30. The third-order valence-electron chi connectivity index (χ3n) is 3.49. The van der Waals surface area contributed by atoms with E-state index in [1.54, 1.807) is 6.92 Å². The highest BCUT2D eigenvalue weighted by Gasteiger charge is 2.33. The standard InChI is InChI=1S/C15H21NO3S/c1-4-19-14(17)7-8-16(12-5-6-12)15(18)13-9-10(2)11(3)20-13/h9,12H,4-8H2,1-3H3. The Kier molecular flexibility index (Phi) is 4.81. The van der Waals surface area contributed by atoms with Gasteiger partial charge in [0.1, 0.15) is 0 Å². The molecule has 1 heterocycles. The molecule has 0 N–H and O–H groups in total. The maximum absolute atomic E-state index is 12.5. The van der Waals surface area contributed by atoms with Crippen LogP contribution in [0.25, 0.3) is 0 Å². The van der Waals surface area contributed by atoms with E-state index in [9.17, 15) is 9.59 Å². The molecule has 1 amide bonds. The molecule has 1 aliphatic rings. The van der Waals surface area contributed by atoms with Crippen molar-refractivity contribution >= 4 is 23.2 Å². The second-order valence-corrected chi connectivity index (χ2v) is 6.39. The van der Waals surface area contributed by atoms with Crippen LogP contribution in [0.3, 0.4) is 0 Å². The van der Waals surface area contributed by atoms with Crippen molar-refractivity contribution in [3.63, 3.8) is 0 Å². The van der Waals surface area contributed by atoms with Crippen LogP contribution in [-0.4, -0.2) is 36.0 Å². The lowest BCUT2D eigenvalue weighted by Gasteiger charge is -2.21. The molecule has 5 heteroatoms. The minimum atomic E-state index is -0.232. The highest BCUT2D eigenvalue weighted by atomic mass is 32.1. The Bertz CT molecular complexity index is 486. The molecule has 1 saturated carbocycles. The molecule has 0 spiro atoms. The lowest BCUT2D eigenvalue weighted by Crippen LogP contribution is -2.34. The fraction of sp³-hybridized carbons (Fsp3) is 0.600. The normalized spacial score (nSPS) is 14.2. The zero-order chi connectivity index (χ0) is 14.7. The first-order chi connectivity index (χ1) is 9.52. The predicted octanol–water partition coefficient (Wildman–Crippen LogP) is 2.92. The summed E-state index contributed by atoms with van der Waals surface area (Å²) in [5.74, 6) is -0.178. The number of hydrogen-bond acceptors (Lipinski definition) is 4. The van der Waals surface area contributed by atoms with Crippen molar-refractivity contribution < 1.29 is 14.3 Å². The first-order valence-electron chi connectivity index (χ1n) is 7.06. The van der Waals surface area contributed by atoms with Gasteiger partial charge in [-0.1, -0.05) is 0 Å². The Morgan fingerprint density at radius 1 is 1.40 bits per heavy atom. The van der Waals surface area contributed by atoms with E-state index >= 15 is 0 Å². The number of nitrogens with zero attached hydrogens (tertiary/aromatic N) is 1. The molecule has 0 aromatic carbocycles. The Balaban J connectivity index is 2.01. The fourth-order valence-corrected chi connectivity index (χ4v) is 3.09. The van der Waals surface area contributed by atoms with E-state index in [0.29, 0.717) is 19.2 Å². The minimum Gasteiger partial charge on any atom is -0.466 e. The van der Waals surface area contributed by atoms with Crippen LogP contribution in [0.2, 0.25) is 0 Å². The molecular weight excluding hydrogens is 274 g/mol. The van der Waals surface area contributed by atoms with Gasteiger partial charge in [0.2, 0.25) is 0 Å². The summed E-state index contributed by atoms with van der Waals surface area (Å²) < 4.78 is 4.93. The SMILES string of the molecule is CCOC(=O)CCN(C(=O)c1cc(C)c(C)s1)C1CC1. The maximum Gasteiger partial charge on any atom is 0.307 e. The molecule has 0 saturated heterocycles. The highest BCUT2D eigenvalue weighted by molar-refractivity contribution is 7.14. The van der Waals surface area contributed by atoms with Gasteiger partial charge >= 0.3 is 5.97 Å². The number of carbonyl (C=O) groups excluding carboxylic acids is 2. The quantitative estimate of drug-likeness (QED) is 0.758. The molecule has 2 rings (SSSR count). The van der Waals surface area contributed by atoms with Crippen molar-refractivity contribution in [2.45, 2.75) is 46.1 Å². The lowest BCUT2D eigenvalue weighted by molar-refractivity contribution is -0.143. The Labute approximate surface area is 123 Å². The summed E-state index contributed by atoms with van der Waals surface area (Å²) in [5, 5.41) is 0. The van der Waals surface area contributed by atoms with Crippen LogP contribution in [0.5, 0.6) is 0 Å². The number of thiophene rings is 1. The van der Waals surface area contributed by atoms with Gasteiger partial charge in [-0.2, -0.15) is 0 Å². The van der Waals surface area contributed by atoms with Gasteiger partial charge in [-0.3, -0.25) is 9.59 Å². The van der Waals surface area contributed by atoms with Gasteiger partial charge in [0.05, 0.1) is 17.9 Å². The number of ether oxygens (including phenoxy) is 1. The monoisotopic (exact) mass is 295 g/mol. The van der Waals surface area contributed by atoms with E-state index in [2.05, 4.69) is 0 Å². The number of carbonyl (C=O) groups is 2. The molecule has 1 aliphatic carbocycles. The third-order valence-corrected chi connectivity index (χ3v) is 4.63. The van der Waals surface area contributed by atoms with E-state index in [0.717, 1.165) is 23.3 Å². The molecule has 1 aromatic rings. The Morgan fingerprint density at radius 3 is 2.60 bits per heavy atom. The Morgan fingerprint density at radius 2 is 2.10 bits per heavy atom. The summed E-state index contributed by atoms with van der Waals surface area (Å²) in [4.78, 5) is 27.8. The van der Waals surface area contributed by atoms with Gasteiger partial charge in [0.15, 0.2) is 0 Å². The molecule has 1 fully saturated rings. The smallest absolute Gasteiger partial charge is 0.307 e. The van der Waals surface area contributed by atoms with Crippen LogP contribution in [0, 0.1) is 13.8 Å². The fourth-order valence-electron chi connectivity index (χ4n) is 2.10. The predicted molar refractivity (Wildman–Crippen MR) is 79.1 cm³/mol. The molecule has 0 unspecified atom stereocenters. The molecule has 20 heavy (non-hydrogen) atoms. The van der Waals surface area contributed by atoms with Gasteiger partial charge in [0, 0.05) is 17.5 Å². The number of amides is 1. The summed E-state index contributed by atoms with van der Waals surface area (Å²) in [7, 11) is 0. The summed E-state index contributed by atoms with van der Waals surface area (Å²) >= 11 is 1.53. The van der Waals surface area contributed by atoms with E-state index in [1.807, 2.05) is 24.8 Å². The largest absolute Gasteiger partial charge is 0.466 e. The van der Waals surface area contributed by atoms with Crippen molar-refractivity contribution in [3.8, 4) is 0 Å². The van der Waals surface area contributed by atoms with E-state index in [-0.39, 0.29) is 18.3 Å². The first-order valence-corrected chi connectivity index (χ1v) is 7.88. The van der Waals surface area contributed by atoms with Crippen molar-refractivity contribution in [3.05, 3.63) is 21.4 Å². The number of rotatable bonds is 6. The summed E-state index contributed by atoms with van der Waals surface area (Å²) in [6.45, 7) is 6.68. The van der Waals surface area contributed by atoms with Crippen molar-refractivity contribution in [2.24, 2.45) is 0 Å². The number of aryl methyl sites for hydroxylation is 2. The Hall–Kier alpha value is -1.36. The van der Waals surface area contributed by atoms with E-state index in [4.69, 9.17) is 4.74 Å². The van der Waals surface area contributed by atoms with Crippen LogP contribution >= 0.6 is 11.3 Å². The molecule has 1 aromatic heterocycles. The molecular formula is C15H21NO3S. The van der Waals surface area contributed by atoms with Crippen LogP contribution in [0.15, 0.2) is 6.07 Å². The number of esters is 1. The summed E-state index contributed by atoms with van der Waals surface area (Å²) in [6, 6.07) is 2.25. The zero-order valence-electron chi connectivity index (χ0n) is 12.3. The van der Waals surface area contributed by atoms with Crippen LogP contribution in [0.4, 0.5) is 0 Å². The topological polar surface area (TPSA) is 46.6 Å². The van der Waals surface area contributed by atoms with Gasteiger partial charge in [-0.15, -0.1) is 11.3 Å². The maximum atomic E-state index is 12.5. The molecule has 4 nitrogen and oxygen atoms in total. The van der Waals surface area contributed by atoms with Crippen molar-refractivity contribution in [1.29, 1.82) is 0 Å². The van der Waals surface area contributed by atoms with Gasteiger partial charge < -0.3 is 9.64 Å². The van der Waals surface area contributed by atoms with Gasteiger partial charge in [-0.25, -0.2) is 0 Å². The summed E-state index contributed by atoms with van der Waals surface area (Å²) in [5.41, 5.74) is 1.15. The number of hydrogen-bond donors (Lipinski definition) is 0. The third kappa shape index (κ3) is 3.60. The molecule has 0 bridgehead atoms. The van der Waals surface area contributed by atoms with Gasteiger partial charge in [-0.05, 0) is 45.2 Å². The molecule has 0 aliphatic heterocycles. The molecule has 0 radical (unpaired) electrons. The zero-order valence-corrected chi connectivity index (χ0v) is 13.1. The van der Waals surface area contributed by atoms with Crippen molar-refractivity contribution in [2.75, 3.05) is 13.2 Å².